The van der Waals surface area contributed by atoms with Crippen molar-refractivity contribution in [3.63, 3.8) is 0 Å². The average Bonchev–Trinajstić information content (AvgIpc) is 2.97. The van der Waals surface area contributed by atoms with Crippen LogP contribution in [0.1, 0.15) is 74.9 Å². The van der Waals surface area contributed by atoms with Crippen molar-refractivity contribution in [1.82, 2.24) is 5.32 Å². The Hall–Kier alpha value is -2.27. The number of aromatic hydroxyl groups is 1. The predicted octanol–water partition coefficient (Wildman–Crippen LogP) is 4.16. The van der Waals surface area contributed by atoms with Crippen LogP contribution in [0.25, 0.3) is 0 Å². The number of nitrogens with one attached hydrogen (secondary N) is 1. The lowest BCUT2D eigenvalue weighted by Gasteiger charge is -2.40. The van der Waals surface area contributed by atoms with Crippen molar-refractivity contribution >= 4 is 5.91 Å². The number of carbonyl (C=O) groups is 1. The molecule has 152 valence electrons. The van der Waals surface area contributed by atoms with Crippen LogP contribution >= 0.6 is 0 Å². The summed E-state index contributed by atoms with van der Waals surface area (Å²) in [7, 11) is 0. The van der Waals surface area contributed by atoms with Crippen LogP contribution in [0.2, 0.25) is 0 Å². The number of phenols is 1. The van der Waals surface area contributed by atoms with Gasteiger partial charge in [-0.1, -0.05) is 23.3 Å². The van der Waals surface area contributed by atoms with Crippen LogP contribution in [-0.4, -0.2) is 27.8 Å². The number of amides is 1. The number of hydrogen-bond acceptors (Lipinski definition) is 4. The maximum atomic E-state index is 12.0. The van der Waals surface area contributed by atoms with Gasteiger partial charge in [-0.05, 0) is 59.4 Å². The molecule has 28 heavy (non-hydrogen) atoms. The van der Waals surface area contributed by atoms with Crippen LogP contribution in [0.3, 0.4) is 0 Å². The summed E-state index contributed by atoms with van der Waals surface area (Å²) in [4.78, 5) is 12.0. The van der Waals surface area contributed by atoms with Gasteiger partial charge in [0.2, 0.25) is 0 Å². The number of carbonyl (C=O) groups excluding carboxylic acids is 1. The summed E-state index contributed by atoms with van der Waals surface area (Å²) in [6.45, 7) is 8.66. The number of aliphatic hydroxyl groups is 1. The van der Waals surface area contributed by atoms with Crippen molar-refractivity contribution in [3.8, 4) is 11.5 Å². The van der Waals surface area contributed by atoms with E-state index in [0.29, 0.717) is 36.3 Å². The highest BCUT2D eigenvalue weighted by molar-refractivity contribution is 6.00. The fourth-order valence-corrected chi connectivity index (χ4v) is 3.92. The molecule has 3 rings (SSSR count). The molecule has 2 aliphatic heterocycles. The van der Waals surface area contributed by atoms with Gasteiger partial charge in [0.05, 0.1) is 11.7 Å². The standard InChI is InChI=1S/C23H31NO4/c1-14(2)7-5-8-15(3)9-6-10-23(4)20(26)12-17-19(25)11-16-18(21(17)28-23)13-24-22(16)27/h7,9,11,20,25-26H,5-6,8,10,12-13H2,1-4H3,(H,24,27)/b15-9-/t20-,23-/m0/s1. The first-order valence-electron chi connectivity index (χ1n) is 10.0. The summed E-state index contributed by atoms with van der Waals surface area (Å²) in [6.07, 6.45) is 7.61. The normalized spacial score (nSPS) is 23.5. The van der Waals surface area contributed by atoms with E-state index in [1.54, 1.807) is 0 Å². The van der Waals surface area contributed by atoms with Crippen molar-refractivity contribution in [2.75, 3.05) is 0 Å². The lowest BCUT2D eigenvalue weighted by Crippen LogP contribution is -2.49. The first-order valence-corrected chi connectivity index (χ1v) is 10.0. The minimum Gasteiger partial charge on any atom is -0.508 e. The number of benzene rings is 1. The number of allylic oxidation sites excluding steroid dienone is 4. The molecule has 1 amide bonds. The molecular formula is C23H31NO4. The Morgan fingerprint density at radius 2 is 2.04 bits per heavy atom. The van der Waals surface area contributed by atoms with Crippen molar-refractivity contribution in [3.05, 3.63) is 46.1 Å². The lowest BCUT2D eigenvalue weighted by molar-refractivity contribution is -0.0598. The molecule has 0 bridgehead atoms. The maximum absolute atomic E-state index is 12.0. The Kier molecular flexibility index (Phi) is 5.84. The van der Waals surface area contributed by atoms with Crippen LogP contribution in [-0.2, 0) is 13.0 Å². The second-order valence-electron chi connectivity index (χ2n) is 8.46. The highest BCUT2D eigenvalue weighted by Gasteiger charge is 2.43. The second-order valence-corrected chi connectivity index (χ2v) is 8.46. The molecule has 0 aliphatic carbocycles. The summed E-state index contributed by atoms with van der Waals surface area (Å²) in [5.41, 5.74) is 3.75. The Morgan fingerprint density at radius 1 is 1.29 bits per heavy atom. The summed E-state index contributed by atoms with van der Waals surface area (Å²) < 4.78 is 6.26. The summed E-state index contributed by atoms with van der Waals surface area (Å²) in [5.74, 6) is 0.381. The SMILES string of the molecule is CC(C)=CCC/C(C)=C\CC[C@]1(C)Oc2c(c(O)cc3c2CNC3=O)C[C@@H]1O. The molecule has 3 N–H and O–H groups in total. The molecule has 0 fully saturated rings. The first kappa shape index (κ1) is 20.5. The number of rotatable bonds is 6. The minimum atomic E-state index is -0.753. The molecular weight excluding hydrogens is 354 g/mol. The van der Waals surface area contributed by atoms with Crippen LogP contribution in [0.4, 0.5) is 0 Å². The van der Waals surface area contributed by atoms with E-state index < -0.39 is 11.7 Å². The Balaban J connectivity index is 1.73. The molecule has 0 unspecified atom stereocenters. The second kappa shape index (κ2) is 8.00. The van der Waals surface area contributed by atoms with E-state index in [2.05, 4.69) is 38.2 Å². The number of fused-ring (bicyclic) bond motifs is 3. The Bertz CT molecular complexity index is 835. The van der Waals surface area contributed by atoms with Crippen LogP contribution in [0.5, 0.6) is 11.5 Å². The topological polar surface area (TPSA) is 78.8 Å². The summed E-state index contributed by atoms with van der Waals surface area (Å²) in [6, 6.07) is 1.48. The van der Waals surface area contributed by atoms with Crippen molar-refractivity contribution < 1.29 is 19.7 Å². The Morgan fingerprint density at radius 3 is 2.75 bits per heavy atom. The molecule has 0 spiro atoms. The Labute approximate surface area is 167 Å². The number of ether oxygens (including phenoxy) is 1. The van der Waals surface area contributed by atoms with Crippen molar-refractivity contribution in [2.24, 2.45) is 0 Å². The molecule has 0 saturated carbocycles. The largest absolute Gasteiger partial charge is 0.508 e. The van der Waals surface area contributed by atoms with Gasteiger partial charge in [0.25, 0.3) is 5.91 Å². The molecule has 5 heteroatoms. The van der Waals surface area contributed by atoms with Gasteiger partial charge >= 0.3 is 0 Å². The van der Waals surface area contributed by atoms with E-state index in [1.807, 2.05) is 6.92 Å². The van der Waals surface area contributed by atoms with E-state index in [4.69, 9.17) is 4.74 Å². The smallest absolute Gasteiger partial charge is 0.252 e. The predicted molar refractivity (Wildman–Crippen MR) is 110 cm³/mol. The van der Waals surface area contributed by atoms with Crippen LogP contribution in [0, 0.1) is 0 Å². The van der Waals surface area contributed by atoms with Crippen LogP contribution in [0.15, 0.2) is 29.4 Å². The first-order chi connectivity index (χ1) is 13.2. The molecule has 1 aromatic carbocycles. The van der Waals surface area contributed by atoms with Gasteiger partial charge in [-0.25, -0.2) is 0 Å². The molecule has 0 radical (unpaired) electrons. The fraction of sp³-hybridized carbons (Fsp3) is 0.522. The van der Waals surface area contributed by atoms with Crippen molar-refractivity contribution in [2.45, 2.75) is 78.0 Å². The molecule has 2 atom stereocenters. The van der Waals surface area contributed by atoms with Gasteiger partial charge in [0.15, 0.2) is 0 Å². The van der Waals surface area contributed by atoms with Crippen LogP contribution < -0.4 is 10.1 Å². The fourth-order valence-electron chi connectivity index (χ4n) is 3.92. The average molecular weight is 386 g/mol. The number of aliphatic hydroxyl groups excluding tert-OH is 1. The van der Waals surface area contributed by atoms with Gasteiger partial charge in [-0.3, -0.25) is 4.79 Å². The highest BCUT2D eigenvalue weighted by atomic mass is 16.5. The van der Waals surface area contributed by atoms with Gasteiger partial charge in [0, 0.05) is 24.1 Å². The quantitative estimate of drug-likeness (QED) is 0.643. The van der Waals surface area contributed by atoms with E-state index >= 15 is 0 Å². The maximum Gasteiger partial charge on any atom is 0.252 e. The molecule has 2 heterocycles. The molecule has 2 aliphatic rings. The zero-order chi connectivity index (χ0) is 20.5. The van der Waals surface area contributed by atoms with E-state index in [9.17, 15) is 15.0 Å². The minimum absolute atomic E-state index is 0.0157. The van der Waals surface area contributed by atoms with Crippen molar-refractivity contribution in [1.29, 1.82) is 0 Å². The molecule has 0 saturated heterocycles. The highest BCUT2D eigenvalue weighted by Crippen LogP contribution is 2.44. The van der Waals surface area contributed by atoms with E-state index in [0.717, 1.165) is 24.8 Å². The number of phenolic OH excluding ortho intramolecular Hbond substituents is 1. The monoisotopic (exact) mass is 385 g/mol. The van der Waals surface area contributed by atoms with Gasteiger partial charge in [0.1, 0.15) is 17.1 Å². The molecule has 1 aromatic rings. The van der Waals surface area contributed by atoms with Gasteiger partial charge in [-0.2, -0.15) is 0 Å². The zero-order valence-corrected chi connectivity index (χ0v) is 17.3. The number of hydrogen-bond donors (Lipinski definition) is 3. The van der Waals surface area contributed by atoms with E-state index in [-0.39, 0.29) is 11.7 Å². The molecule has 5 nitrogen and oxygen atoms in total. The molecule has 0 aromatic heterocycles. The third-order valence-electron chi connectivity index (χ3n) is 5.80. The summed E-state index contributed by atoms with van der Waals surface area (Å²) >= 11 is 0. The zero-order valence-electron chi connectivity index (χ0n) is 17.3. The third kappa shape index (κ3) is 4.09. The lowest BCUT2D eigenvalue weighted by atomic mass is 9.84. The van der Waals surface area contributed by atoms with Gasteiger partial charge in [-0.15, -0.1) is 0 Å². The third-order valence-corrected chi connectivity index (χ3v) is 5.80. The summed E-state index contributed by atoms with van der Waals surface area (Å²) in [5, 5.41) is 23.8. The van der Waals surface area contributed by atoms with E-state index in [1.165, 1.54) is 17.2 Å². The van der Waals surface area contributed by atoms with Gasteiger partial charge < -0.3 is 20.3 Å².